The Morgan fingerprint density at radius 1 is 1.50 bits per heavy atom. The molecule has 1 aromatic carbocycles. The fraction of sp³-hybridized carbons (Fsp3) is 0.222. The summed E-state index contributed by atoms with van der Waals surface area (Å²) in [4.78, 5) is 11.3. The van der Waals surface area contributed by atoms with Crippen LogP contribution < -0.4 is 5.32 Å². The Hall–Kier alpha value is -0.830. The Morgan fingerprint density at radius 3 is 2.92 bits per heavy atom. The first-order valence-corrected chi connectivity index (χ1v) is 4.55. The second-order valence-corrected chi connectivity index (χ2v) is 3.75. The highest BCUT2D eigenvalue weighted by Crippen LogP contribution is 2.26. The van der Waals surface area contributed by atoms with Gasteiger partial charge in [-0.05, 0) is 24.1 Å². The lowest BCUT2D eigenvalue weighted by molar-refractivity contribution is 0.0965. The van der Waals surface area contributed by atoms with Gasteiger partial charge in [-0.3, -0.25) is 4.79 Å². The van der Waals surface area contributed by atoms with Crippen molar-refractivity contribution in [2.45, 2.75) is 13.5 Å². The van der Waals surface area contributed by atoms with Crippen LogP contribution in [0.1, 0.15) is 21.5 Å². The molecule has 2 rings (SSSR count). The predicted octanol–water partition coefficient (Wildman–Crippen LogP) is 2.00. The number of benzene rings is 1. The van der Waals surface area contributed by atoms with Gasteiger partial charge in [0.15, 0.2) is 0 Å². The van der Waals surface area contributed by atoms with Gasteiger partial charge in [0.1, 0.15) is 0 Å². The van der Waals surface area contributed by atoms with Gasteiger partial charge in [0, 0.05) is 16.6 Å². The molecule has 0 saturated carbocycles. The van der Waals surface area contributed by atoms with Gasteiger partial charge < -0.3 is 5.32 Å². The van der Waals surface area contributed by atoms with Gasteiger partial charge in [-0.2, -0.15) is 0 Å². The van der Waals surface area contributed by atoms with Crippen molar-refractivity contribution in [3.05, 3.63) is 33.3 Å². The molecule has 0 atom stereocenters. The molecular weight excluding hydrogens is 218 g/mol. The zero-order chi connectivity index (χ0) is 8.72. The fourth-order valence-electron chi connectivity index (χ4n) is 1.49. The van der Waals surface area contributed by atoms with Crippen molar-refractivity contribution in [3.63, 3.8) is 0 Å². The molecule has 1 aliphatic rings. The van der Waals surface area contributed by atoms with Crippen molar-refractivity contribution in [1.82, 2.24) is 5.32 Å². The maximum atomic E-state index is 11.3. The number of aryl methyl sites for hydroxylation is 1. The topological polar surface area (TPSA) is 29.1 Å². The van der Waals surface area contributed by atoms with Crippen LogP contribution in [0.2, 0.25) is 0 Å². The van der Waals surface area contributed by atoms with E-state index in [2.05, 4.69) is 21.2 Å². The van der Waals surface area contributed by atoms with E-state index in [1.54, 1.807) is 0 Å². The van der Waals surface area contributed by atoms with Crippen LogP contribution in [0.25, 0.3) is 0 Å². The van der Waals surface area contributed by atoms with E-state index >= 15 is 0 Å². The minimum Gasteiger partial charge on any atom is -0.348 e. The van der Waals surface area contributed by atoms with Crippen LogP contribution in [-0.4, -0.2) is 5.91 Å². The second kappa shape index (κ2) is 2.59. The highest BCUT2D eigenvalue weighted by Gasteiger charge is 2.22. The fourth-order valence-corrected chi connectivity index (χ4v) is 1.96. The molecule has 0 unspecified atom stereocenters. The summed E-state index contributed by atoms with van der Waals surface area (Å²) in [7, 11) is 0. The van der Waals surface area contributed by atoms with Crippen molar-refractivity contribution >= 4 is 21.8 Å². The SMILES string of the molecule is Cc1ccc(Br)c2c1C(=O)NC2. The standard InChI is InChI=1S/C9H8BrNO/c1-5-2-3-7(10)6-4-11-9(12)8(5)6/h2-3H,4H2,1H3,(H,11,12). The summed E-state index contributed by atoms with van der Waals surface area (Å²) >= 11 is 3.42. The quantitative estimate of drug-likeness (QED) is 0.720. The van der Waals surface area contributed by atoms with Crippen molar-refractivity contribution < 1.29 is 4.79 Å². The molecule has 0 saturated heterocycles. The van der Waals surface area contributed by atoms with Gasteiger partial charge in [-0.1, -0.05) is 22.0 Å². The summed E-state index contributed by atoms with van der Waals surface area (Å²) in [5.41, 5.74) is 2.97. The zero-order valence-corrected chi connectivity index (χ0v) is 8.23. The largest absolute Gasteiger partial charge is 0.348 e. The molecule has 0 aromatic heterocycles. The third-order valence-electron chi connectivity index (χ3n) is 2.12. The normalized spacial score (nSPS) is 14.3. The molecule has 1 aromatic rings. The van der Waals surface area contributed by atoms with E-state index in [4.69, 9.17) is 0 Å². The van der Waals surface area contributed by atoms with Crippen molar-refractivity contribution in [1.29, 1.82) is 0 Å². The minimum absolute atomic E-state index is 0.0452. The molecule has 1 amide bonds. The highest BCUT2D eigenvalue weighted by molar-refractivity contribution is 9.10. The van der Waals surface area contributed by atoms with E-state index in [0.717, 1.165) is 21.2 Å². The van der Waals surface area contributed by atoms with Gasteiger partial charge in [0.2, 0.25) is 0 Å². The van der Waals surface area contributed by atoms with Crippen LogP contribution in [0.4, 0.5) is 0 Å². The van der Waals surface area contributed by atoms with Crippen LogP contribution in [-0.2, 0) is 6.54 Å². The van der Waals surface area contributed by atoms with Crippen LogP contribution in [0.5, 0.6) is 0 Å². The first-order chi connectivity index (χ1) is 5.70. The molecule has 0 aliphatic carbocycles. The molecule has 3 heteroatoms. The molecule has 1 heterocycles. The van der Waals surface area contributed by atoms with Gasteiger partial charge in [0.05, 0.1) is 0 Å². The minimum atomic E-state index is 0.0452. The number of halogens is 1. The Morgan fingerprint density at radius 2 is 2.25 bits per heavy atom. The third-order valence-corrected chi connectivity index (χ3v) is 2.86. The highest BCUT2D eigenvalue weighted by atomic mass is 79.9. The summed E-state index contributed by atoms with van der Waals surface area (Å²) in [6, 6.07) is 3.93. The lowest BCUT2D eigenvalue weighted by Crippen LogP contribution is -2.13. The summed E-state index contributed by atoms with van der Waals surface area (Å²) in [5, 5.41) is 2.80. The number of rotatable bonds is 0. The molecule has 0 bridgehead atoms. The molecule has 1 N–H and O–H groups in total. The number of amides is 1. The van der Waals surface area contributed by atoms with Crippen molar-refractivity contribution in [2.75, 3.05) is 0 Å². The Bertz CT molecular complexity index is 360. The van der Waals surface area contributed by atoms with Crippen molar-refractivity contribution in [2.24, 2.45) is 0 Å². The molecule has 0 radical (unpaired) electrons. The van der Waals surface area contributed by atoms with Gasteiger partial charge in [0.25, 0.3) is 5.91 Å². The molecule has 12 heavy (non-hydrogen) atoms. The number of fused-ring (bicyclic) bond motifs is 1. The predicted molar refractivity (Wildman–Crippen MR) is 50.0 cm³/mol. The number of carbonyl (C=O) groups excluding carboxylic acids is 1. The van der Waals surface area contributed by atoms with Gasteiger partial charge in [-0.25, -0.2) is 0 Å². The van der Waals surface area contributed by atoms with Crippen LogP contribution in [0.15, 0.2) is 16.6 Å². The lowest BCUT2D eigenvalue weighted by atomic mass is 10.0. The smallest absolute Gasteiger partial charge is 0.252 e. The van der Waals surface area contributed by atoms with E-state index in [1.165, 1.54) is 0 Å². The molecule has 0 spiro atoms. The first kappa shape index (κ1) is 7.80. The van der Waals surface area contributed by atoms with E-state index in [9.17, 15) is 4.79 Å². The maximum Gasteiger partial charge on any atom is 0.252 e. The number of nitrogens with one attached hydrogen (secondary N) is 1. The van der Waals surface area contributed by atoms with Crippen molar-refractivity contribution in [3.8, 4) is 0 Å². The van der Waals surface area contributed by atoms with Gasteiger partial charge in [-0.15, -0.1) is 0 Å². The molecular formula is C9H8BrNO. The summed E-state index contributed by atoms with van der Waals surface area (Å²) in [6.07, 6.45) is 0. The van der Waals surface area contributed by atoms with E-state index in [0.29, 0.717) is 6.54 Å². The molecule has 2 nitrogen and oxygen atoms in total. The lowest BCUT2D eigenvalue weighted by Gasteiger charge is -2.01. The average molecular weight is 226 g/mol. The number of hydrogen-bond acceptors (Lipinski definition) is 1. The average Bonchev–Trinajstić information content (AvgIpc) is 2.42. The maximum absolute atomic E-state index is 11.3. The molecule has 0 fully saturated rings. The van der Waals surface area contributed by atoms with E-state index in [-0.39, 0.29) is 5.91 Å². The first-order valence-electron chi connectivity index (χ1n) is 3.76. The van der Waals surface area contributed by atoms with Gasteiger partial charge >= 0.3 is 0 Å². The second-order valence-electron chi connectivity index (χ2n) is 2.90. The zero-order valence-electron chi connectivity index (χ0n) is 6.65. The van der Waals surface area contributed by atoms with Crippen LogP contribution in [0.3, 0.4) is 0 Å². The molecule has 1 aliphatic heterocycles. The number of hydrogen-bond donors (Lipinski definition) is 1. The Labute approximate surface area is 79.1 Å². The Kier molecular flexibility index (Phi) is 1.68. The number of carbonyl (C=O) groups is 1. The summed E-state index contributed by atoms with van der Waals surface area (Å²) < 4.78 is 1.02. The Balaban J connectivity index is 2.72. The third kappa shape index (κ3) is 0.966. The summed E-state index contributed by atoms with van der Waals surface area (Å²) in [6.45, 7) is 2.60. The van der Waals surface area contributed by atoms with Crippen LogP contribution in [0, 0.1) is 6.92 Å². The monoisotopic (exact) mass is 225 g/mol. The summed E-state index contributed by atoms with van der Waals surface area (Å²) in [5.74, 6) is 0.0452. The molecule has 62 valence electrons. The van der Waals surface area contributed by atoms with E-state index < -0.39 is 0 Å². The van der Waals surface area contributed by atoms with E-state index in [1.807, 2.05) is 19.1 Å². The van der Waals surface area contributed by atoms with Crippen LogP contribution >= 0.6 is 15.9 Å².